The topological polar surface area (TPSA) is 9.86 Å². The highest BCUT2D eigenvalue weighted by molar-refractivity contribution is 6.11. The third-order valence-corrected chi connectivity index (χ3v) is 15.1. The minimum absolute atomic E-state index is 0.122. The Morgan fingerprint density at radius 2 is 0.662 bits per heavy atom. The van der Waals surface area contributed by atoms with Crippen molar-refractivity contribution in [2.24, 2.45) is 0 Å². The Morgan fingerprint density at radius 1 is 0.310 bits per heavy atom. The van der Waals surface area contributed by atoms with E-state index in [0.29, 0.717) is 0 Å². The summed E-state index contributed by atoms with van der Waals surface area (Å²) in [5.74, 6) is 0. The normalized spacial score (nSPS) is 13.1. The molecule has 71 heavy (non-hydrogen) atoms. The summed E-state index contributed by atoms with van der Waals surface area (Å²) in [6.07, 6.45) is 8.98. The quantitative estimate of drug-likeness (QED) is 0.134. The van der Waals surface area contributed by atoms with E-state index in [1.54, 1.807) is 0 Å². The van der Waals surface area contributed by atoms with Gasteiger partial charge in [0.25, 0.3) is 0 Å². The van der Waals surface area contributed by atoms with Gasteiger partial charge in [-0.3, -0.25) is 0 Å². The average molecular weight is 909 g/mol. The zero-order valence-corrected chi connectivity index (χ0v) is 40.5. The predicted molar refractivity (Wildman–Crippen MR) is 304 cm³/mol. The lowest BCUT2D eigenvalue weighted by Gasteiger charge is -2.22. The Bertz CT molecular complexity index is 3830. The standard InChI is InChI=1S/C69H52N2/c1-45-13-33-55(34-14-45)70-65-11-7-5-9-59(65)61-43-53(31-39-67(61)70)51-27-21-47(22-28-51)17-19-49-25-37-57-58-38-26-50(42-64(58)69(3,4)63(57)41-49)20-18-48-23-29-52(30-24-48)54-32-40-68-62(44-54)60-10-6-8-12-66(60)71(68)56-35-15-46(2)16-36-56/h5-44H,1-4H3. The highest BCUT2D eigenvalue weighted by atomic mass is 15.0. The Labute approximate surface area is 415 Å². The highest BCUT2D eigenvalue weighted by Gasteiger charge is 2.35. The van der Waals surface area contributed by atoms with Gasteiger partial charge in [-0.25, -0.2) is 0 Å². The summed E-state index contributed by atoms with van der Waals surface area (Å²) in [4.78, 5) is 0. The number of rotatable bonds is 8. The molecule has 2 heteroatoms. The van der Waals surface area contributed by atoms with E-state index in [9.17, 15) is 0 Å². The second kappa shape index (κ2) is 16.8. The van der Waals surface area contributed by atoms with Crippen LogP contribution in [0.4, 0.5) is 0 Å². The molecule has 0 N–H and O–H groups in total. The minimum atomic E-state index is -0.122. The van der Waals surface area contributed by atoms with E-state index in [4.69, 9.17) is 0 Å². The average Bonchev–Trinajstić information content (AvgIpc) is 4.00. The minimum Gasteiger partial charge on any atom is -0.309 e. The number of para-hydroxylation sites is 2. The van der Waals surface area contributed by atoms with E-state index >= 15 is 0 Å². The fraction of sp³-hybridized carbons (Fsp3) is 0.0725. The highest BCUT2D eigenvalue weighted by Crippen LogP contribution is 2.49. The van der Waals surface area contributed by atoms with Crippen LogP contribution in [0.5, 0.6) is 0 Å². The number of aryl methyl sites for hydroxylation is 2. The molecule has 13 rings (SSSR count). The van der Waals surface area contributed by atoms with Gasteiger partial charge in [0.15, 0.2) is 0 Å². The molecule has 0 unspecified atom stereocenters. The Morgan fingerprint density at radius 3 is 1.08 bits per heavy atom. The van der Waals surface area contributed by atoms with Crippen LogP contribution < -0.4 is 0 Å². The van der Waals surface area contributed by atoms with Gasteiger partial charge in [0.1, 0.15) is 0 Å². The monoisotopic (exact) mass is 908 g/mol. The molecule has 1 aliphatic carbocycles. The molecule has 338 valence electrons. The van der Waals surface area contributed by atoms with E-state index in [1.807, 2.05) is 0 Å². The number of aromatic nitrogens is 2. The van der Waals surface area contributed by atoms with Crippen LogP contribution in [-0.4, -0.2) is 9.13 Å². The van der Waals surface area contributed by atoms with Gasteiger partial charge in [0.2, 0.25) is 0 Å². The third kappa shape index (κ3) is 7.34. The van der Waals surface area contributed by atoms with Crippen molar-refractivity contribution in [3.63, 3.8) is 0 Å². The van der Waals surface area contributed by atoms with Crippen LogP contribution in [0, 0.1) is 13.8 Å². The van der Waals surface area contributed by atoms with Crippen molar-refractivity contribution in [1.29, 1.82) is 0 Å². The molecule has 0 saturated carbocycles. The van der Waals surface area contributed by atoms with Gasteiger partial charge in [-0.15, -0.1) is 0 Å². The summed E-state index contributed by atoms with van der Waals surface area (Å²) in [6, 6.07) is 80.7. The Hall–Kier alpha value is -8.72. The van der Waals surface area contributed by atoms with Crippen LogP contribution in [0.2, 0.25) is 0 Å². The molecule has 1 aliphatic rings. The molecule has 12 aromatic rings. The fourth-order valence-electron chi connectivity index (χ4n) is 11.2. The van der Waals surface area contributed by atoms with Gasteiger partial charge in [-0.1, -0.05) is 207 Å². The van der Waals surface area contributed by atoms with Crippen LogP contribution >= 0.6 is 0 Å². The van der Waals surface area contributed by atoms with E-state index < -0.39 is 0 Å². The summed E-state index contributed by atoms with van der Waals surface area (Å²) in [5.41, 5.74) is 24.7. The zero-order chi connectivity index (χ0) is 47.8. The van der Waals surface area contributed by atoms with E-state index in [-0.39, 0.29) is 5.41 Å². The zero-order valence-electron chi connectivity index (χ0n) is 40.5. The molecule has 0 aliphatic heterocycles. The Balaban J connectivity index is 0.709. The fourth-order valence-corrected chi connectivity index (χ4v) is 11.2. The predicted octanol–water partition coefficient (Wildman–Crippen LogP) is 18.5. The number of benzene rings is 10. The number of hydrogen-bond acceptors (Lipinski definition) is 0. The Kier molecular flexibility index (Phi) is 10.0. The van der Waals surface area contributed by atoms with Crippen molar-refractivity contribution in [1.82, 2.24) is 9.13 Å². The molecule has 2 heterocycles. The molecule has 0 radical (unpaired) electrons. The largest absolute Gasteiger partial charge is 0.309 e. The lowest BCUT2D eigenvalue weighted by molar-refractivity contribution is 0.660. The lowest BCUT2D eigenvalue weighted by atomic mass is 9.81. The molecule has 0 bridgehead atoms. The molecular formula is C69H52N2. The van der Waals surface area contributed by atoms with Gasteiger partial charge < -0.3 is 9.13 Å². The van der Waals surface area contributed by atoms with Crippen LogP contribution in [-0.2, 0) is 5.41 Å². The molecule has 10 aromatic carbocycles. The first-order valence-electron chi connectivity index (χ1n) is 24.8. The van der Waals surface area contributed by atoms with Crippen LogP contribution in [0.15, 0.2) is 218 Å². The molecule has 0 amide bonds. The molecule has 0 spiro atoms. The summed E-state index contributed by atoms with van der Waals surface area (Å²) in [5, 5.41) is 5.07. The van der Waals surface area contributed by atoms with Crippen LogP contribution in [0.25, 0.3) is 113 Å². The molecule has 2 aromatic heterocycles. The maximum Gasteiger partial charge on any atom is 0.0541 e. The van der Waals surface area contributed by atoms with Gasteiger partial charge in [0.05, 0.1) is 22.1 Å². The number of nitrogens with zero attached hydrogens (tertiary/aromatic N) is 2. The lowest BCUT2D eigenvalue weighted by Crippen LogP contribution is -2.15. The van der Waals surface area contributed by atoms with Crippen molar-refractivity contribution in [2.75, 3.05) is 0 Å². The first-order valence-corrected chi connectivity index (χ1v) is 24.8. The molecule has 2 nitrogen and oxygen atoms in total. The maximum absolute atomic E-state index is 2.39. The molecule has 0 saturated heterocycles. The SMILES string of the molecule is Cc1ccc(-n2c3ccccc3c3cc(-c4ccc(C=Cc5ccc6c(c5)C(C)(C)c5cc(C=Cc7ccc(-c8ccc9c(c8)c8ccccc8n9-c8ccc(C)cc8)cc7)ccc5-6)cc4)ccc32)cc1. The third-order valence-electron chi connectivity index (χ3n) is 15.1. The van der Waals surface area contributed by atoms with Gasteiger partial charge in [-0.2, -0.15) is 0 Å². The first kappa shape index (κ1) is 42.4. The van der Waals surface area contributed by atoms with Gasteiger partial charge >= 0.3 is 0 Å². The van der Waals surface area contributed by atoms with Crippen molar-refractivity contribution in [3.8, 4) is 44.8 Å². The van der Waals surface area contributed by atoms with Crippen LogP contribution in [0.1, 0.15) is 58.4 Å². The van der Waals surface area contributed by atoms with Crippen LogP contribution in [0.3, 0.4) is 0 Å². The summed E-state index contributed by atoms with van der Waals surface area (Å²) in [6.45, 7) is 9.01. The summed E-state index contributed by atoms with van der Waals surface area (Å²) in [7, 11) is 0. The van der Waals surface area contributed by atoms with Crippen molar-refractivity contribution in [2.45, 2.75) is 33.1 Å². The second-order valence-electron chi connectivity index (χ2n) is 20.0. The van der Waals surface area contributed by atoms with E-state index in [2.05, 4.69) is 280 Å². The van der Waals surface area contributed by atoms with Crippen molar-refractivity contribution in [3.05, 3.63) is 263 Å². The molecule has 0 atom stereocenters. The number of fused-ring (bicyclic) bond motifs is 9. The van der Waals surface area contributed by atoms with Gasteiger partial charge in [-0.05, 0) is 141 Å². The van der Waals surface area contributed by atoms with Crippen molar-refractivity contribution < 1.29 is 0 Å². The summed E-state index contributed by atoms with van der Waals surface area (Å²) >= 11 is 0. The second-order valence-corrected chi connectivity index (χ2v) is 20.0. The molecular weight excluding hydrogens is 857 g/mol. The van der Waals surface area contributed by atoms with Gasteiger partial charge in [0, 0.05) is 38.3 Å². The maximum atomic E-state index is 2.39. The smallest absolute Gasteiger partial charge is 0.0541 e. The summed E-state index contributed by atoms with van der Waals surface area (Å²) < 4.78 is 4.76. The van der Waals surface area contributed by atoms with Crippen molar-refractivity contribution >= 4 is 67.9 Å². The van der Waals surface area contributed by atoms with E-state index in [1.165, 1.54) is 133 Å². The molecule has 0 fully saturated rings. The first-order chi connectivity index (χ1) is 34.7. The number of hydrogen-bond donors (Lipinski definition) is 0. The van der Waals surface area contributed by atoms with E-state index in [0.717, 1.165) is 0 Å².